The molecule has 1 amide bonds. The largest absolute Gasteiger partial charge is 0.478 e. The van der Waals surface area contributed by atoms with Crippen molar-refractivity contribution < 1.29 is 19.4 Å². The number of aromatic carboxylic acids is 1. The lowest BCUT2D eigenvalue weighted by Gasteiger charge is -2.08. The molecule has 0 unspecified atom stereocenters. The summed E-state index contributed by atoms with van der Waals surface area (Å²) in [5, 5.41) is 11.4. The Morgan fingerprint density at radius 1 is 1.08 bits per heavy atom. The van der Waals surface area contributed by atoms with Gasteiger partial charge in [0, 0.05) is 16.4 Å². The Labute approximate surface area is 187 Å². The summed E-state index contributed by atoms with van der Waals surface area (Å²) >= 11 is 6.29. The molecule has 0 radical (unpaired) electrons. The summed E-state index contributed by atoms with van der Waals surface area (Å²) in [6.07, 6.45) is -0.509. The van der Waals surface area contributed by atoms with Crippen molar-refractivity contribution in [1.82, 2.24) is 0 Å². The van der Waals surface area contributed by atoms with Gasteiger partial charge in [0.1, 0.15) is 0 Å². The molecule has 134 valence electrons. The highest BCUT2D eigenvalue weighted by Crippen LogP contribution is 2.22. The molecule has 0 saturated heterocycles. The number of anilines is 1. The van der Waals surface area contributed by atoms with Crippen LogP contribution < -0.4 is 5.32 Å². The molecule has 2 N–H and O–H groups in total. The monoisotopic (exact) mass is 679 g/mol. The van der Waals surface area contributed by atoms with Crippen LogP contribution in [0.25, 0.3) is 0 Å². The predicted molar refractivity (Wildman–Crippen MR) is 123 cm³/mol. The van der Waals surface area contributed by atoms with Gasteiger partial charge in [-0.2, -0.15) is 0 Å². The molecule has 0 spiro atoms. The van der Waals surface area contributed by atoms with Gasteiger partial charge in [0.15, 0.2) is 0 Å². The van der Waals surface area contributed by atoms with Crippen LogP contribution in [0, 0.1) is 10.7 Å². The molecule has 2 aromatic rings. The van der Waals surface area contributed by atoms with Gasteiger partial charge in [-0.05, 0) is 106 Å². The van der Waals surface area contributed by atoms with Gasteiger partial charge in [0.25, 0.3) is 0 Å². The smallest absolute Gasteiger partial charge is 0.411 e. The average Bonchev–Trinajstić information content (AvgIpc) is 2.51. The van der Waals surface area contributed by atoms with Gasteiger partial charge in [0.2, 0.25) is 0 Å². The van der Waals surface area contributed by atoms with Crippen molar-refractivity contribution in [3.63, 3.8) is 0 Å². The first-order valence-corrected chi connectivity index (χ1v) is 10.3. The van der Waals surface area contributed by atoms with Crippen molar-refractivity contribution in [3.8, 4) is 0 Å². The average molecular weight is 679 g/mol. The summed E-state index contributed by atoms with van der Waals surface area (Å²) in [4.78, 5) is 21.8. The van der Waals surface area contributed by atoms with Crippen LogP contribution in [0.1, 0.15) is 24.2 Å². The first-order valence-electron chi connectivity index (χ1n) is 7.11. The van der Waals surface area contributed by atoms with E-state index >= 15 is 0 Å². The maximum Gasteiger partial charge on any atom is 0.411 e. The third-order valence-corrected chi connectivity index (χ3v) is 6.25. The number of hydrogen-bond donors (Lipinski definition) is 2. The van der Waals surface area contributed by atoms with E-state index in [0.717, 1.165) is 16.4 Å². The number of para-hydroxylation sites is 1. The Balaban J connectivity index is 0.000000251. The maximum atomic E-state index is 11.1. The lowest BCUT2D eigenvalue weighted by molar-refractivity contribution is 0.0695. The van der Waals surface area contributed by atoms with Gasteiger partial charge in [-0.3, -0.25) is 5.32 Å². The minimum Gasteiger partial charge on any atom is -0.478 e. The summed E-state index contributed by atoms with van der Waals surface area (Å²) in [6, 6.07) is 12.8. The first-order chi connectivity index (χ1) is 11.7. The lowest BCUT2D eigenvalue weighted by atomic mass is 10.2. The lowest BCUT2D eigenvalue weighted by Crippen LogP contribution is -2.17. The summed E-state index contributed by atoms with van der Waals surface area (Å²) < 4.78 is 7.65. The van der Waals surface area contributed by atoms with E-state index in [4.69, 9.17) is 9.84 Å². The molecule has 5 nitrogen and oxygen atoms in total. The molecule has 0 saturated carbocycles. The number of halogens is 3. The number of carboxylic acid groups (broad SMARTS) is 1. The van der Waals surface area contributed by atoms with Crippen molar-refractivity contribution in [3.05, 3.63) is 58.7 Å². The van der Waals surface area contributed by atoms with Crippen LogP contribution in [-0.4, -0.2) is 23.3 Å². The molecule has 25 heavy (non-hydrogen) atoms. The molecule has 0 aromatic heterocycles. The van der Waals surface area contributed by atoms with Gasteiger partial charge in [-0.25, -0.2) is 9.59 Å². The Morgan fingerprint density at radius 3 is 2.20 bits per heavy atom. The van der Waals surface area contributed by atoms with Crippen LogP contribution in [-0.2, 0) is 4.74 Å². The number of amides is 1. The molecular formula is C17H16I3NO4. The van der Waals surface area contributed by atoms with Crippen molar-refractivity contribution in [1.29, 1.82) is 0 Å². The zero-order chi connectivity index (χ0) is 19.0. The van der Waals surface area contributed by atoms with E-state index in [0.29, 0.717) is 5.56 Å². The Bertz CT molecular complexity index is 736. The Morgan fingerprint density at radius 2 is 1.68 bits per heavy atom. The third-order valence-electron chi connectivity index (χ3n) is 2.59. The highest BCUT2D eigenvalue weighted by Gasteiger charge is 2.11. The molecule has 0 aliphatic rings. The zero-order valence-electron chi connectivity index (χ0n) is 13.4. The van der Waals surface area contributed by atoms with Crippen LogP contribution in [0.4, 0.5) is 10.5 Å². The molecule has 0 fully saturated rings. The number of rotatable bonds is 3. The second-order valence-electron chi connectivity index (χ2n) is 5.00. The quantitative estimate of drug-likeness (QED) is 0.316. The van der Waals surface area contributed by atoms with Crippen molar-refractivity contribution in [2.75, 3.05) is 5.32 Å². The number of carbonyl (C=O) groups is 2. The van der Waals surface area contributed by atoms with E-state index in [1.165, 1.54) is 0 Å². The molecule has 0 aliphatic heterocycles. The third kappa shape index (κ3) is 8.53. The van der Waals surface area contributed by atoms with Gasteiger partial charge < -0.3 is 9.84 Å². The second kappa shape index (κ2) is 11.2. The SMILES string of the molecule is CC(C)OC(=O)Nc1ccccc1.O=C(O)c1cc(I)cc(I)c1I. The van der Waals surface area contributed by atoms with E-state index in [1.54, 1.807) is 6.07 Å². The first kappa shape index (κ1) is 22.4. The molecule has 2 rings (SSSR count). The summed E-state index contributed by atoms with van der Waals surface area (Å²) in [6.45, 7) is 3.62. The molecule has 0 aliphatic carbocycles. The van der Waals surface area contributed by atoms with Crippen LogP contribution in [0.2, 0.25) is 0 Å². The molecule has 0 heterocycles. The molecular weight excluding hydrogens is 663 g/mol. The standard InChI is InChI=1S/C10H13NO2.C7H3I3O2/c1-8(2)13-10(12)11-9-6-4-3-5-7-9;8-3-1-4(7(11)12)6(10)5(9)2-3/h3-8H,1-2H3,(H,11,12);1-2H,(H,11,12). The highest BCUT2D eigenvalue weighted by molar-refractivity contribution is 14.1. The van der Waals surface area contributed by atoms with Crippen LogP contribution >= 0.6 is 67.8 Å². The van der Waals surface area contributed by atoms with Crippen LogP contribution in [0.5, 0.6) is 0 Å². The maximum absolute atomic E-state index is 11.1. The van der Waals surface area contributed by atoms with Crippen molar-refractivity contribution >= 4 is 85.5 Å². The van der Waals surface area contributed by atoms with Crippen LogP contribution in [0.15, 0.2) is 42.5 Å². The normalized spacial score (nSPS) is 9.84. The molecule has 2 aromatic carbocycles. The van der Waals surface area contributed by atoms with Crippen LogP contribution in [0.3, 0.4) is 0 Å². The number of benzene rings is 2. The number of hydrogen-bond acceptors (Lipinski definition) is 3. The zero-order valence-corrected chi connectivity index (χ0v) is 19.9. The fourth-order valence-electron chi connectivity index (χ4n) is 1.59. The molecule has 0 bridgehead atoms. The van der Waals surface area contributed by atoms with E-state index in [2.05, 4.69) is 50.5 Å². The summed E-state index contributed by atoms with van der Waals surface area (Å²) in [5.74, 6) is -0.865. The summed E-state index contributed by atoms with van der Waals surface area (Å²) in [7, 11) is 0. The van der Waals surface area contributed by atoms with E-state index in [9.17, 15) is 9.59 Å². The van der Waals surface area contributed by atoms with Gasteiger partial charge in [0.05, 0.1) is 11.7 Å². The van der Waals surface area contributed by atoms with Gasteiger partial charge >= 0.3 is 12.1 Å². The Kier molecular flexibility index (Phi) is 10.0. The fourth-order valence-corrected chi connectivity index (χ4v) is 3.98. The summed E-state index contributed by atoms with van der Waals surface area (Å²) in [5.41, 5.74) is 1.13. The Hall–Kier alpha value is -0.630. The second-order valence-corrected chi connectivity index (χ2v) is 8.49. The topological polar surface area (TPSA) is 75.6 Å². The van der Waals surface area contributed by atoms with Gasteiger partial charge in [-0.15, -0.1) is 0 Å². The molecule has 0 atom stereocenters. The number of nitrogens with one attached hydrogen (secondary N) is 1. The van der Waals surface area contributed by atoms with Gasteiger partial charge in [-0.1, -0.05) is 18.2 Å². The van der Waals surface area contributed by atoms with Crippen molar-refractivity contribution in [2.24, 2.45) is 0 Å². The minimum absolute atomic E-state index is 0.0938. The highest BCUT2D eigenvalue weighted by atomic mass is 127. The van der Waals surface area contributed by atoms with E-state index < -0.39 is 12.1 Å². The molecule has 8 heteroatoms. The minimum atomic E-state index is -0.865. The number of carboxylic acids is 1. The number of ether oxygens (including phenoxy) is 1. The van der Waals surface area contributed by atoms with Crippen molar-refractivity contribution in [2.45, 2.75) is 20.0 Å². The number of carbonyl (C=O) groups excluding carboxylic acids is 1. The predicted octanol–water partition coefficient (Wildman–Crippen LogP) is 5.84. The van der Waals surface area contributed by atoms with E-state index in [1.807, 2.05) is 72.8 Å². The van der Waals surface area contributed by atoms with E-state index in [-0.39, 0.29) is 6.10 Å². The fraction of sp³-hybridized carbons (Fsp3) is 0.176.